The molecule has 78 valence electrons. The smallest absolute Gasteiger partial charge is 0.0669 e. The third-order valence-electron chi connectivity index (χ3n) is 2.74. The van der Waals surface area contributed by atoms with Crippen molar-refractivity contribution in [2.45, 2.75) is 12.8 Å². The molecule has 0 fully saturated rings. The van der Waals surface area contributed by atoms with E-state index in [1.165, 1.54) is 16.3 Å². The maximum atomic E-state index is 8.79. The summed E-state index contributed by atoms with van der Waals surface area (Å²) in [6.07, 6.45) is 3.24. The number of hydrogen-bond donors (Lipinski definition) is 0. The summed E-state index contributed by atoms with van der Waals surface area (Å²) in [6, 6.07) is 14.6. The Balaban J connectivity index is 2.67. The first kappa shape index (κ1) is 10.4. The minimum Gasteiger partial charge on any atom is -0.198 e. The highest BCUT2D eigenvalue weighted by atomic mass is 14.2. The van der Waals surface area contributed by atoms with Gasteiger partial charge in [0.1, 0.15) is 0 Å². The van der Waals surface area contributed by atoms with E-state index in [1.54, 1.807) is 0 Å². The van der Waals surface area contributed by atoms with Gasteiger partial charge in [-0.25, -0.2) is 0 Å². The monoisotopic (exact) mass is 207 g/mol. The number of benzene rings is 2. The second kappa shape index (κ2) is 4.63. The number of fused-ring (bicyclic) bond motifs is 1. The molecule has 0 radical (unpaired) electrons. The van der Waals surface area contributed by atoms with E-state index in [0.29, 0.717) is 6.42 Å². The molecule has 0 saturated carbocycles. The van der Waals surface area contributed by atoms with E-state index in [4.69, 9.17) is 5.26 Å². The first-order valence-corrected chi connectivity index (χ1v) is 5.34. The zero-order valence-corrected chi connectivity index (χ0v) is 9.11. The summed E-state index contributed by atoms with van der Waals surface area (Å²) < 4.78 is 0. The fourth-order valence-electron chi connectivity index (χ4n) is 2.00. The van der Waals surface area contributed by atoms with Crippen LogP contribution < -0.4 is 0 Å². The van der Waals surface area contributed by atoms with E-state index in [0.717, 1.165) is 12.0 Å². The molecule has 2 aromatic rings. The van der Waals surface area contributed by atoms with Crippen LogP contribution in [0, 0.1) is 11.3 Å². The van der Waals surface area contributed by atoms with Crippen molar-refractivity contribution < 1.29 is 0 Å². The van der Waals surface area contributed by atoms with Crippen LogP contribution in [0.4, 0.5) is 0 Å². The third-order valence-corrected chi connectivity index (χ3v) is 2.74. The summed E-state index contributed by atoms with van der Waals surface area (Å²) in [5.41, 5.74) is 2.37. The SMILES string of the molecule is C=CCc1ccc(CC#N)c2ccccc12. The Labute approximate surface area is 95.6 Å². The van der Waals surface area contributed by atoms with Gasteiger partial charge < -0.3 is 0 Å². The van der Waals surface area contributed by atoms with Gasteiger partial charge in [-0.05, 0) is 28.3 Å². The molecule has 0 aliphatic carbocycles. The van der Waals surface area contributed by atoms with Gasteiger partial charge in [-0.15, -0.1) is 6.58 Å². The van der Waals surface area contributed by atoms with Crippen molar-refractivity contribution in [3.8, 4) is 6.07 Å². The standard InChI is InChI=1S/C15H13N/c1-2-5-12-8-9-13(10-11-16)15-7-4-3-6-14(12)15/h2-4,6-9H,1,5,10H2. The number of rotatable bonds is 3. The summed E-state index contributed by atoms with van der Waals surface area (Å²) in [5, 5.41) is 11.2. The van der Waals surface area contributed by atoms with Gasteiger partial charge in [0, 0.05) is 0 Å². The quantitative estimate of drug-likeness (QED) is 0.705. The lowest BCUT2D eigenvalue weighted by Crippen LogP contribution is -1.90. The van der Waals surface area contributed by atoms with E-state index in [9.17, 15) is 0 Å². The number of nitriles is 1. The van der Waals surface area contributed by atoms with Crippen LogP contribution in [-0.2, 0) is 12.8 Å². The van der Waals surface area contributed by atoms with E-state index < -0.39 is 0 Å². The van der Waals surface area contributed by atoms with Crippen molar-refractivity contribution in [2.24, 2.45) is 0 Å². The number of nitrogens with zero attached hydrogens (tertiary/aromatic N) is 1. The van der Waals surface area contributed by atoms with Crippen LogP contribution >= 0.6 is 0 Å². The van der Waals surface area contributed by atoms with E-state index in [-0.39, 0.29) is 0 Å². The van der Waals surface area contributed by atoms with E-state index in [2.05, 4.69) is 30.8 Å². The van der Waals surface area contributed by atoms with E-state index >= 15 is 0 Å². The molecule has 16 heavy (non-hydrogen) atoms. The Morgan fingerprint density at radius 2 is 1.69 bits per heavy atom. The highest BCUT2D eigenvalue weighted by Crippen LogP contribution is 2.23. The zero-order valence-electron chi connectivity index (χ0n) is 9.11. The van der Waals surface area contributed by atoms with Crippen molar-refractivity contribution >= 4 is 10.8 Å². The van der Waals surface area contributed by atoms with Gasteiger partial charge in [-0.3, -0.25) is 0 Å². The van der Waals surface area contributed by atoms with Crippen LogP contribution in [0.25, 0.3) is 10.8 Å². The van der Waals surface area contributed by atoms with Gasteiger partial charge in [0.15, 0.2) is 0 Å². The average molecular weight is 207 g/mol. The molecule has 0 amide bonds. The molecule has 0 aromatic heterocycles. The largest absolute Gasteiger partial charge is 0.198 e. The Bertz CT molecular complexity index is 561. The molecule has 2 aromatic carbocycles. The molecule has 0 spiro atoms. The molecule has 1 nitrogen and oxygen atoms in total. The van der Waals surface area contributed by atoms with Crippen molar-refractivity contribution in [1.29, 1.82) is 5.26 Å². The fraction of sp³-hybridized carbons (Fsp3) is 0.133. The Kier molecular flexibility index (Phi) is 3.03. The van der Waals surface area contributed by atoms with Crippen LogP contribution in [0.1, 0.15) is 11.1 Å². The first-order chi connectivity index (χ1) is 7.86. The highest BCUT2D eigenvalue weighted by molar-refractivity contribution is 5.89. The topological polar surface area (TPSA) is 23.8 Å². The highest BCUT2D eigenvalue weighted by Gasteiger charge is 2.03. The summed E-state index contributed by atoms with van der Waals surface area (Å²) in [4.78, 5) is 0. The van der Waals surface area contributed by atoms with Crippen LogP contribution in [0.3, 0.4) is 0 Å². The molecule has 1 heteroatoms. The summed E-state index contributed by atoms with van der Waals surface area (Å²) in [5.74, 6) is 0. The molecular weight excluding hydrogens is 194 g/mol. The van der Waals surface area contributed by atoms with Crippen molar-refractivity contribution in [2.75, 3.05) is 0 Å². The summed E-state index contributed by atoms with van der Waals surface area (Å²) >= 11 is 0. The Morgan fingerprint density at radius 1 is 1.06 bits per heavy atom. The Hall–Kier alpha value is -2.07. The number of allylic oxidation sites excluding steroid dienone is 1. The summed E-state index contributed by atoms with van der Waals surface area (Å²) in [6.45, 7) is 3.77. The molecule has 0 aliphatic heterocycles. The first-order valence-electron chi connectivity index (χ1n) is 5.34. The third kappa shape index (κ3) is 1.83. The molecule has 0 unspecified atom stereocenters. The van der Waals surface area contributed by atoms with Crippen molar-refractivity contribution in [1.82, 2.24) is 0 Å². The fourth-order valence-corrected chi connectivity index (χ4v) is 2.00. The molecule has 0 bridgehead atoms. The minimum atomic E-state index is 0.467. The molecule has 0 aliphatic rings. The molecule has 0 N–H and O–H groups in total. The number of hydrogen-bond acceptors (Lipinski definition) is 1. The van der Waals surface area contributed by atoms with Gasteiger partial charge in [-0.1, -0.05) is 42.5 Å². The van der Waals surface area contributed by atoms with E-state index in [1.807, 2.05) is 24.3 Å². The lowest BCUT2D eigenvalue weighted by Gasteiger charge is -2.07. The van der Waals surface area contributed by atoms with Crippen molar-refractivity contribution in [3.05, 3.63) is 60.2 Å². The van der Waals surface area contributed by atoms with Crippen LogP contribution in [0.2, 0.25) is 0 Å². The van der Waals surface area contributed by atoms with Crippen LogP contribution in [-0.4, -0.2) is 0 Å². The van der Waals surface area contributed by atoms with Gasteiger partial charge in [0.2, 0.25) is 0 Å². The molecule has 2 rings (SSSR count). The lowest BCUT2D eigenvalue weighted by atomic mass is 9.96. The van der Waals surface area contributed by atoms with Gasteiger partial charge in [-0.2, -0.15) is 5.26 Å². The Morgan fingerprint density at radius 3 is 2.31 bits per heavy atom. The molecule has 0 atom stereocenters. The predicted molar refractivity (Wildman–Crippen MR) is 67.2 cm³/mol. The summed E-state index contributed by atoms with van der Waals surface area (Å²) in [7, 11) is 0. The maximum Gasteiger partial charge on any atom is 0.0669 e. The second-order valence-electron chi connectivity index (χ2n) is 3.76. The normalized spacial score (nSPS) is 9.94. The van der Waals surface area contributed by atoms with Crippen molar-refractivity contribution in [3.63, 3.8) is 0 Å². The molecule has 0 heterocycles. The molecule has 0 saturated heterocycles. The predicted octanol–water partition coefficient (Wildman–Crippen LogP) is 3.63. The second-order valence-corrected chi connectivity index (χ2v) is 3.76. The van der Waals surface area contributed by atoms with Gasteiger partial charge in [0.25, 0.3) is 0 Å². The van der Waals surface area contributed by atoms with Gasteiger partial charge >= 0.3 is 0 Å². The van der Waals surface area contributed by atoms with Crippen LogP contribution in [0.5, 0.6) is 0 Å². The minimum absolute atomic E-state index is 0.467. The lowest BCUT2D eigenvalue weighted by molar-refractivity contribution is 1.26. The molecular formula is C15H13N. The zero-order chi connectivity index (χ0) is 11.4. The maximum absolute atomic E-state index is 8.79. The van der Waals surface area contributed by atoms with Gasteiger partial charge in [0.05, 0.1) is 12.5 Å². The average Bonchev–Trinajstić information content (AvgIpc) is 2.33. The van der Waals surface area contributed by atoms with Crippen LogP contribution in [0.15, 0.2) is 49.1 Å².